The summed E-state index contributed by atoms with van der Waals surface area (Å²) in [4.78, 5) is 15.2. The monoisotopic (exact) mass is 314 g/mol. The smallest absolute Gasteiger partial charge is 0.342 e. The van der Waals surface area contributed by atoms with Gasteiger partial charge in [-0.25, -0.2) is 28.0 Å². The van der Waals surface area contributed by atoms with E-state index in [0.717, 1.165) is 16.9 Å². The lowest BCUT2D eigenvalue weighted by atomic mass is 10.4. The van der Waals surface area contributed by atoms with Crippen molar-refractivity contribution in [2.24, 2.45) is 5.14 Å². The summed E-state index contributed by atoms with van der Waals surface area (Å²) < 4.78 is 42.0. The highest BCUT2D eigenvalue weighted by Gasteiger charge is 2.28. The van der Waals surface area contributed by atoms with Crippen molar-refractivity contribution in [3.8, 4) is 5.82 Å². The Kier molecular flexibility index (Phi) is 4.00. The Hall–Kier alpha value is -2.33. The van der Waals surface area contributed by atoms with Crippen LogP contribution in [-0.4, -0.2) is 35.8 Å². The molecule has 0 unspecified atom stereocenters. The number of ether oxygens (including phenoxy) is 1. The van der Waals surface area contributed by atoms with E-state index in [1.165, 1.54) is 12.1 Å². The zero-order valence-electron chi connectivity index (χ0n) is 10.9. The van der Waals surface area contributed by atoms with E-state index < -0.39 is 27.0 Å². The fraction of sp³-hybridized carbons (Fsp3) is 0.182. The standard InChI is InChI=1S/C11H11FN4O4S/c1-2-20-11(17)7-6-14-16(10(7)21(13,18)19)9-5-3-4-8(12)15-9/h3-6H,2H2,1H3,(H2,13,18,19). The fourth-order valence-electron chi connectivity index (χ4n) is 1.64. The van der Waals surface area contributed by atoms with E-state index in [-0.39, 0.29) is 18.0 Å². The van der Waals surface area contributed by atoms with Gasteiger partial charge >= 0.3 is 5.97 Å². The van der Waals surface area contributed by atoms with Crippen LogP contribution in [0, 0.1) is 5.95 Å². The molecule has 2 heterocycles. The molecule has 0 aromatic carbocycles. The van der Waals surface area contributed by atoms with E-state index in [0.29, 0.717) is 0 Å². The van der Waals surface area contributed by atoms with Crippen LogP contribution in [0.2, 0.25) is 0 Å². The van der Waals surface area contributed by atoms with Crippen molar-refractivity contribution < 1.29 is 22.3 Å². The van der Waals surface area contributed by atoms with Crippen LogP contribution >= 0.6 is 0 Å². The molecule has 2 rings (SSSR count). The zero-order valence-corrected chi connectivity index (χ0v) is 11.7. The molecule has 21 heavy (non-hydrogen) atoms. The molecule has 8 nitrogen and oxygen atoms in total. The minimum absolute atomic E-state index is 0.0479. The van der Waals surface area contributed by atoms with E-state index in [4.69, 9.17) is 9.88 Å². The second kappa shape index (κ2) is 5.58. The first kappa shape index (κ1) is 15.1. The van der Waals surface area contributed by atoms with Crippen molar-refractivity contribution in [2.75, 3.05) is 6.61 Å². The van der Waals surface area contributed by atoms with Crippen molar-refractivity contribution in [1.29, 1.82) is 0 Å². The number of pyridine rings is 1. The third-order valence-corrected chi connectivity index (χ3v) is 3.34. The second-order valence-corrected chi connectivity index (χ2v) is 5.34. The first-order valence-electron chi connectivity index (χ1n) is 5.75. The number of carbonyl (C=O) groups is 1. The SMILES string of the molecule is CCOC(=O)c1cnn(-c2cccc(F)n2)c1S(N)(=O)=O. The molecule has 0 aliphatic rings. The van der Waals surface area contributed by atoms with Gasteiger partial charge in [-0.3, -0.25) is 0 Å². The number of hydrogen-bond acceptors (Lipinski definition) is 6. The average molecular weight is 314 g/mol. The molecule has 0 bridgehead atoms. The van der Waals surface area contributed by atoms with Gasteiger partial charge in [0.1, 0.15) is 5.56 Å². The Bertz CT molecular complexity index is 787. The number of rotatable bonds is 4. The van der Waals surface area contributed by atoms with Gasteiger partial charge in [-0.2, -0.15) is 9.49 Å². The highest BCUT2D eigenvalue weighted by molar-refractivity contribution is 7.89. The summed E-state index contributed by atoms with van der Waals surface area (Å²) in [5.41, 5.74) is -0.342. The molecule has 0 radical (unpaired) electrons. The van der Waals surface area contributed by atoms with Crippen molar-refractivity contribution in [1.82, 2.24) is 14.8 Å². The molecule has 0 aliphatic heterocycles. The summed E-state index contributed by atoms with van der Waals surface area (Å²) in [5.74, 6) is -1.86. The highest BCUT2D eigenvalue weighted by atomic mass is 32.2. The van der Waals surface area contributed by atoms with Crippen LogP contribution in [-0.2, 0) is 14.8 Å². The van der Waals surface area contributed by atoms with Crippen molar-refractivity contribution >= 4 is 16.0 Å². The number of carbonyl (C=O) groups excluding carboxylic acids is 1. The topological polar surface area (TPSA) is 117 Å². The molecule has 2 aromatic heterocycles. The van der Waals surface area contributed by atoms with Crippen LogP contribution in [0.25, 0.3) is 5.82 Å². The summed E-state index contributed by atoms with van der Waals surface area (Å²) in [6.07, 6.45) is 0.977. The van der Waals surface area contributed by atoms with Crippen molar-refractivity contribution in [2.45, 2.75) is 11.9 Å². The van der Waals surface area contributed by atoms with Crippen LogP contribution in [0.5, 0.6) is 0 Å². The van der Waals surface area contributed by atoms with E-state index in [2.05, 4.69) is 10.1 Å². The molecule has 0 aliphatic carbocycles. The molecular weight excluding hydrogens is 303 g/mol. The predicted molar refractivity (Wildman–Crippen MR) is 68.6 cm³/mol. The molecule has 10 heteroatoms. The first-order valence-corrected chi connectivity index (χ1v) is 7.30. The molecule has 0 spiro atoms. The molecular formula is C11H11FN4O4S. The number of sulfonamides is 1. The van der Waals surface area contributed by atoms with E-state index in [1.54, 1.807) is 6.92 Å². The highest BCUT2D eigenvalue weighted by Crippen LogP contribution is 2.19. The average Bonchev–Trinajstić information content (AvgIpc) is 2.83. The Labute approximate surface area is 119 Å². The van der Waals surface area contributed by atoms with Crippen LogP contribution in [0.15, 0.2) is 29.4 Å². The summed E-state index contributed by atoms with van der Waals surface area (Å²) in [7, 11) is -4.31. The number of esters is 1. The van der Waals surface area contributed by atoms with Crippen LogP contribution < -0.4 is 5.14 Å². The molecule has 2 N–H and O–H groups in total. The van der Waals surface area contributed by atoms with Crippen molar-refractivity contribution in [3.63, 3.8) is 0 Å². The maximum Gasteiger partial charge on any atom is 0.342 e. The Morgan fingerprint density at radius 1 is 1.48 bits per heavy atom. The maximum atomic E-state index is 13.1. The summed E-state index contributed by atoms with van der Waals surface area (Å²) in [6, 6.07) is 3.71. The molecule has 0 saturated carbocycles. The Balaban J connectivity index is 2.66. The summed E-state index contributed by atoms with van der Waals surface area (Å²) >= 11 is 0. The second-order valence-electron chi connectivity index (χ2n) is 3.86. The third-order valence-electron chi connectivity index (χ3n) is 2.41. The van der Waals surface area contributed by atoms with E-state index in [1.807, 2.05) is 0 Å². The minimum Gasteiger partial charge on any atom is -0.462 e. The maximum absolute atomic E-state index is 13.1. The lowest BCUT2D eigenvalue weighted by Gasteiger charge is -2.06. The first-order chi connectivity index (χ1) is 9.84. The molecule has 0 fully saturated rings. The number of aromatic nitrogens is 3. The van der Waals surface area contributed by atoms with Crippen LogP contribution in [0.3, 0.4) is 0 Å². The molecule has 0 amide bonds. The van der Waals surface area contributed by atoms with Gasteiger partial charge in [-0.15, -0.1) is 0 Å². The van der Waals surface area contributed by atoms with Crippen LogP contribution in [0.1, 0.15) is 17.3 Å². The van der Waals surface area contributed by atoms with Gasteiger partial charge in [0.15, 0.2) is 10.8 Å². The van der Waals surface area contributed by atoms with E-state index >= 15 is 0 Å². The largest absolute Gasteiger partial charge is 0.462 e. The molecule has 112 valence electrons. The summed E-state index contributed by atoms with van der Waals surface area (Å²) in [5, 5.41) is 8.21. The molecule has 0 saturated heterocycles. The normalized spacial score (nSPS) is 11.4. The predicted octanol–water partition coefficient (Wildman–Crippen LogP) is 0.231. The fourth-order valence-corrected chi connectivity index (χ4v) is 2.46. The Morgan fingerprint density at radius 2 is 2.19 bits per heavy atom. The number of halogens is 1. The van der Waals surface area contributed by atoms with Gasteiger partial charge < -0.3 is 4.74 Å². The number of primary sulfonamides is 1. The third kappa shape index (κ3) is 3.06. The van der Waals surface area contributed by atoms with Gasteiger partial charge in [0, 0.05) is 0 Å². The minimum atomic E-state index is -4.31. The summed E-state index contributed by atoms with van der Waals surface area (Å²) in [6.45, 7) is 1.61. The number of nitrogens with two attached hydrogens (primary N) is 1. The van der Waals surface area contributed by atoms with Gasteiger partial charge in [-0.1, -0.05) is 6.07 Å². The lowest BCUT2D eigenvalue weighted by molar-refractivity contribution is 0.0521. The molecule has 0 atom stereocenters. The van der Waals surface area contributed by atoms with Gasteiger partial charge in [0.05, 0.1) is 12.8 Å². The quantitative estimate of drug-likeness (QED) is 0.637. The van der Waals surface area contributed by atoms with Gasteiger partial charge in [0.25, 0.3) is 10.0 Å². The van der Waals surface area contributed by atoms with Gasteiger partial charge in [-0.05, 0) is 19.1 Å². The zero-order chi connectivity index (χ0) is 15.6. The number of nitrogens with zero attached hydrogens (tertiary/aromatic N) is 3. The van der Waals surface area contributed by atoms with Gasteiger partial charge in [0.2, 0.25) is 5.95 Å². The Morgan fingerprint density at radius 3 is 2.76 bits per heavy atom. The van der Waals surface area contributed by atoms with E-state index in [9.17, 15) is 17.6 Å². The van der Waals surface area contributed by atoms with Crippen molar-refractivity contribution in [3.05, 3.63) is 35.9 Å². The molecule has 2 aromatic rings. The lowest BCUT2D eigenvalue weighted by Crippen LogP contribution is -2.21. The number of hydrogen-bond donors (Lipinski definition) is 1. The van der Waals surface area contributed by atoms with Crippen LogP contribution in [0.4, 0.5) is 4.39 Å².